The molecule has 4 nitrogen and oxygen atoms in total. The first kappa shape index (κ1) is 13.8. The number of rotatable bonds is 6. The van der Waals surface area contributed by atoms with Gasteiger partial charge >= 0.3 is 0 Å². The molecule has 0 unspecified atom stereocenters. The maximum Gasteiger partial charge on any atom is 0.221 e. The number of halogens is 1. The van der Waals surface area contributed by atoms with Crippen molar-refractivity contribution in [3.8, 4) is 11.5 Å². The van der Waals surface area contributed by atoms with Gasteiger partial charge in [0.15, 0.2) is 0 Å². The van der Waals surface area contributed by atoms with Gasteiger partial charge in [0, 0.05) is 29.9 Å². The summed E-state index contributed by atoms with van der Waals surface area (Å²) >= 11 is 3.22. The molecular formula is C12H16BrNO3. The molecule has 94 valence electrons. The number of nitrogens with one attached hydrogen (secondary N) is 1. The Balaban J connectivity index is 2.67. The molecule has 1 rings (SSSR count). The largest absolute Gasteiger partial charge is 0.497 e. The van der Waals surface area contributed by atoms with Crippen LogP contribution in [0.1, 0.15) is 12.0 Å². The maximum absolute atomic E-state index is 11.3. The van der Waals surface area contributed by atoms with E-state index in [9.17, 15) is 4.79 Å². The predicted molar refractivity (Wildman–Crippen MR) is 69.8 cm³/mol. The molecule has 0 saturated carbocycles. The fourth-order valence-corrected chi connectivity index (χ4v) is 1.73. The Hall–Kier alpha value is -1.23. The first-order valence-electron chi connectivity index (χ1n) is 5.24. The maximum atomic E-state index is 11.3. The van der Waals surface area contributed by atoms with Crippen molar-refractivity contribution < 1.29 is 14.3 Å². The van der Waals surface area contributed by atoms with Gasteiger partial charge in [0.2, 0.25) is 5.91 Å². The van der Waals surface area contributed by atoms with Crippen molar-refractivity contribution in [1.82, 2.24) is 5.32 Å². The minimum Gasteiger partial charge on any atom is -0.497 e. The van der Waals surface area contributed by atoms with Gasteiger partial charge in [-0.15, -0.1) is 0 Å². The summed E-state index contributed by atoms with van der Waals surface area (Å²) in [6.07, 6.45) is 0.471. The molecule has 0 bridgehead atoms. The molecule has 0 heterocycles. The van der Waals surface area contributed by atoms with Gasteiger partial charge in [-0.05, 0) is 12.1 Å². The van der Waals surface area contributed by atoms with Crippen molar-refractivity contribution >= 4 is 21.8 Å². The Morgan fingerprint density at radius 3 is 2.71 bits per heavy atom. The van der Waals surface area contributed by atoms with E-state index in [0.717, 1.165) is 11.3 Å². The van der Waals surface area contributed by atoms with Crippen LogP contribution >= 0.6 is 15.9 Å². The first-order chi connectivity index (χ1) is 8.21. The highest BCUT2D eigenvalue weighted by Crippen LogP contribution is 2.24. The lowest BCUT2D eigenvalue weighted by Crippen LogP contribution is -2.22. The standard InChI is InChI=1S/C12H16BrNO3/c1-16-10-4-3-9(11(7-10)17-2)8-14-12(15)5-6-13/h3-4,7H,5-6,8H2,1-2H3,(H,14,15). The summed E-state index contributed by atoms with van der Waals surface area (Å²) in [4.78, 5) is 11.3. The monoisotopic (exact) mass is 301 g/mol. The highest BCUT2D eigenvalue weighted by Gasteiger charge is 2.06. The molecule has 0 radical (unpaired) electrons. The van der Waals surface area contributed by atoms with Gasteiger partial charge in [0.1, 0.15) is 11.5 Å². The molecule has 0 saturated heterocycles. The number of carbonyl (C=O) groups is 1. The first-order valence-corrected chi connectivity index (χ1v) is 6.37. The topological polar surface area (TPSA) is 47.6 Å². The summed E-state index contributed by atoms with van der Waals surface area (Å²) in [5.41, 5.74) is 0.927. The average molecular weight is 302 g/mol. The van der Waals surface area contributed by atoms with Crippen LogP contribution in [0.5, 0.6) is 11.5 Å². The fourth-order valence-electron chi connectivity index (χ4n) is 1.37. The molecule has 5 heteroatoms. The zero-order valence-electron chi connectivity index (χ0n) is 9.96. The van der Waals surface area contributed by atoms with Crippen molar-refractivity contribution in [2.24, 2.45) is 0 Å². The second-order valence-corrected chi connectivity index (χ2v) is 4.19. The van der Waals surface area contributed by atoms with E-state index in [1.54, 1.807) is 20.3 Å². The molecule has 1 amide bonds. The Bertz CT molecular complexity index is 382. The Kier molecular flexibility index (Phi) is 5.83. The average Bonchev–Trinajstić information content (AvgIpc) is 2.36. The van der Waals surface area contributed by atoms with Crippen LogP contribution in [0.4, 0.5) is 0 Å². The summed E-state index contributed by atoms with van der Waals surface area (Å²) in [5, 5.41) is 3.49. The molecule has 0 fully saturated rings. The number of hydrogen-bond donors (Lipinski definition) is 1. The van der Waals surface area contributed by atoms with E-state index in [-0.39, 0.29) is 5.91 Å². The summed E-state index contributed by atoms with van der Waals surface area (Å²) in [6.45, 7) is 0.457. The van der Waals surface area contributed by atoms with Gasteiger partial charge in [-0.3, -0.25) is 4.79 Å². The SMILES string of the molecule is COc1ccc(CNC(=O)CCBr)c(OC)c1. The highest BCUT2D eigenvalue weighted by molar-refractivity contribution is 9.09. The molecule has 0 aliphatic rings. The molecule has 0 atom stereocenters. The Morgan fingerprint density at radius 2 is 2.12 bits per heavy atom. The van der Waals surface area contributed by atoms with Gasteiger partial charge in [0.05, 0.1) is 14.2 Å². The zero-order valence-corrected chi connectivity index (χ0v) is 11.5. The second-order valence-electron chi connectivity index (χ2n) is 3.39. The number of amides is 1. The minimum absolute atomic E-state index is 0.0137. The van der Waals surface area contributed by atoms with Crippen LogP contribution in [0.15, 0.2) is 18.2 Å². The van der Waals surface area contributed by atoms with Crippen LogP contribution in [0, 0.1) is 0 Å². The lowest BCUT2D eigenvalue weighted by atomic mass is 10.2. The van der Waals surface area contributed by atoms with E-state index in [1.807, 2.05) is 12.1 Å². The normalized spacial score (nSPS) is 9.82. The lowest BCUT2D eigenvalue weighted by Gasteiger charge is -2.11. The van der Waals surface area contributed by atoms with E-state index in [1.165, 1.54) is 0 Å². The van der Waals surface area contributed by atoms with Crippen LogP contribution in [0.2, 0.25) is 0 Å². The predicted octanol–water partition coefficient (Wildman–Crippen LogP) is 2.10. The number of carbonyl (C=O) groups excluding carboxylic acids is 1. The molecule has 1 N–H and O–H groups in total. The summed E-state index contributed by atoms with van der Waals surface area (Å²) in [5.74, 6) is 1.46. The number of ether oxygens (including phenoxy) is 2. The van der Waals surface area contributed by atoms with Gasteiger partial charge in [-0.2, -0.15) is 0 Å². The van der Waals surface area contributed by atoms with Crippen molar-refractivity contribution in [2.75, 3.05) is 19.5 Å². The second kappa shape index (κ2) is 7.17. The molecule has 17 heavy (non-hydrogen) atoms. The summed E-state index contributed by atoms with van der Waals surface area (Å²) in [7, 11) is 3.20. The molecular weight excluding hydrogens is 286 g/mol. The summed E-state index contributed by atoms with van der Waals surface area (Å²) in [6, 6.07) is 5.52. The molecule has 1 aromatic rings. The van der Waals surface area contributed by atoms with Crippen LogP contribution in [-0.2, 0) is 11.3 Å². The third-order valence-corrected chi connectivity index (χ3v) is 2.69. The van der Waals surface area contributed by atoms with Crippen molar-refractivity contribution in [3.05, 3.63) is 23.8 Å². The van der Waals surface area contributed by atoms with Crippen molar-refractivity contribution in [3.63, 3.8) is 0 Å². The molecule has 1 aromatic carbocycles. The van der Waals surface area contributed by atoms with Crippen LogP contribution in [0.3, 0.4) is 0 Å². The Morgan fingerprint density at radius 1 is 1.35 bits per heavy atom. The third-order valence-electron chi connectivity index (χ3n) is 2.29. The summed E-state index contributed by atoms with van der Waals surface area (Å²) < 4.78 is 10.3. The van der Waals surface area contributed by atoms with Crippen LogP contribution < -0.4 is 14.8 Å². The minimum atomic E-state index is 0.0137. The molecule has 0 aromatic heterocycles. The van der Waals surface area contributed by atoms with E-state index in [0.29, 0.717) is 24.0 Å². The van der Waals surface area contributed by atoms with Crippen LogP contribution in [0.25, 0.3) is 0 Å². The van der Waals surface area contributed by atoms with Gasteiger partial charge in [0.25, 0.3) is 0 Å². The van der Waals surface area contributed by atoms with Gasteiger partial charge in [-0.1, -0.05) is 15.9 Å². The molecule has 0 aliphatic heterocycles. The lowest BCUT2D eigenvalue weighted by molar-refractivity contribution is -0.120. The number of alkyl halides is 1. The highest BCUT2D eigenvalue weighted by atomic mass is 79.9. The fraction of sp³-hybridized carbons (Fsp3) is 0.417. The molecule has 0 spiro atoms. The smallest absolute Gasteiger partial charge is 0.221 e. The van der Waals surface area contributed by atoms with Crippen molar-refractivity contribution in [2.45, 2.75) is 13.0 Å². The quantitative estimate of drug-likeness (QED) is 0.819. The van der Waals surface area contributed by atoms with E-state index in [4.69, 9.17) is 9.47 Å². The van der Waals surface area contributed by atoms with Crippen LogP contribution in [-0.4, -0.2) is 25.5 Å². The molecule has 0 aliphatic carbocycles. The third kappa shape index (κ3) is 4.26. The Labute approximate surface area is 109 Å². The van der Waals surface area contributed by atoms with Gasteiger partial charge in [-0.25, -0.2) is 0 Å². The van der Waals surface area contributed by atoms with E-state index >= 15 is 0 Å². The number of benzene rings is 1. The zero-order chi connectivity index (χ0) is 12.7. The number of methoxy groups -OCH3 is 2. The van der Waals surface area contributed by atoms with E-state index < -0.39 is 0 Å². The van der Waals surface area contributed by atoms with Gasteiger partial charge < -0.3 is 14.8 Å². The van der Waals surface area contributed by atoms with Crippen molar-refractivity contribution in [1.29, 1.82) is 0 Å². The number of hydrogen-bond acceptors (Lipinski definition) is 3. The van der Waals surface area contributed by atoms with E-state index in [2.05, 4.69) is 21.2 Å².